The topological polar surface area (TPSA) is 55.4 Å². The Morgan fingerprint density at radius 2 is 0.756 bits per heavy atom. The van der Waals surface area contributed by atoms with Crippen molar-refractivity contribution in [2.45, 2.75) is 13.8 Å². The third-order valence-electron chi connectivity index (χ3n) is 5.58. The molecule has 0 spiro atoms. The van der Waals surface area contributed by atoms with Crippen molar-refractivity contribution in [3.63, 3.8) is 0 Å². The third kappa shape index (κ3) is 9.47. The first kappa shape index (κ1) is 30.9. The number of hydrogen-bond donors (Lipinski definition) is 0. The summed E-state index contributed by atoms with van der Waals surface area (Å²) in [5.74, 6) is 3.53. The molecule has 0 radical (unpaired) electrons. The Labute approximate surface area is 260 Å². The highest BCUT2D eigenvalue weighted by Crippen LogP contribution is 2.35. The van der Waals surface area contributed by atoms with Crippen LogP contribution in [-0.4, -0.2) is 34.1 Å². The molecule has 0 fully saturated rings. The molecule has 0 unspecified atom stereocenters. The second-order valence-corrected chi connectivity index (χ2v) is 10.5. The van der Waals surface area contributed by atoms with Gasteiger partial charge < -0.3 is 28.3 Å². The molecule has 0 bridgehead atoms. The summed E-state index contributed by atoms with van der Waals surface area (Å²) in [6, 6.07) is 21.6. The van der Waals surface area contributed by atoms with Crippen LogP contribution in [0.5, 0.6) is 34.5 Å². The normalized spacial score (nSPS) is 10.6. The van der Waals surface area contributed by atoms with E-state index in [0.717, 1.165) is 11.1 Å². The summed E-state index contributed by atoms with van der Waals surface area (Å²) in [7, 11) is 0.0399. The molecule has 0 amide bonds. The van der Waals surface area contributed by atoms with Gasteiger partial charge in [-0.15, -0.1) is 0 Å². The molecule has 4 rings (SSSR count). The fourth-order valence-corrected chi connectivity index (χ4v) is 5.10. The maximum atomic E-state index is 6.20. The summed E-state index contributed by atoms with van der Waals surface area (Å²) in [5, 5.41) is 1.89. The van der Waals surface area contributed by atoms with Gasteiger partial charge in [-0.2, -0.15) is 0 Å². The summed E-state index contributed by atoms with van der Waals surface area (Å²) in [6.07, 6.45) is 0. The number of aryl methyl sites for hydroxylation is 2. The Morgan fingerprint density at radius 3 is 1.10 bits per heavy atom. The lowest BCUT2D eigenvalue weighted by molar-refractivity contribution is 0.217. The predicted molar refractivity (Wildman–Crippen MR) is 166 cm³/mol. The van der Waals surface area contributed by atoms with E-state index in [2.05, 4.69) is 0 Å². The second kappa shape index (κ2) is 15.2. The zero-order valence-corrected chi connectivity index (χ0v) is 25.4. The van der Waals surface area contributed by atoms with Gasteiger partial charge in [0.1, 0.15) is 49.4 Å². The number of hydrogen-bond acceptors (Lipinski definition) is 6. The first-order chi connectivity index (χ1) is 19.8. The van der Waals surface area contributed by atoms with Gasteiger partial charge in [0.25, 0.3) is 0 Å². The van der Waals surface area contributed by atoms with Crippen LogP contribution in [0.2, 0.25) is 20.1 Å². The van der Waals surface area contributed by atoms with Gasteiger partial charge in [0.15, 0.2) is 11.5 Å². The fourth-order valence-electron chi connectivity index (χ4n) is 3.69. The molecule has 0 aromatic heterocycles. The van der Waals surface area contributed by atoms with E-state index < -0.39 is 0 Å². The first-order valence-electron chi connectivity index (χ1n) is 12.7. The first-order valence-corrected chi connectivity index (χ1v) is 14.2. The van der Waals surface area contributed by atoms with Crippen LogP contribution in [0.15, 0.2) is 72.8 Å². The quantitative estimate of drug-likeness (QED) is 0.102. The number of benzene rings is 4. The van der Waals surface area contributed by atoms with Crippen LogP contribution in [0, 0.1) is 13.8 Å². The smallest absolute Gasteiger partial charge is 0.529 e. The van der Waals surface area contributed by atoms with Crippen molar-refractivity contribution in [1.82, 2.24) is 0 Å². The van der Waals surface area contributed by atoms with Gasteiger partial charge in [-0.05, 0) is 97.8 Å². The van der Waals surface area contributed by atoms with Crippen LogP contribution >= 0.6 is 46.4 Å². The molecule has 0 aliphatic rings. The molecule has 4 aromatic carbocycles. The molecule has 0 N–H and O–H groups in total. The molecule has 11 heteroatoms. The SMILES string of the molecule is Cc1cc(Cl)c(OCCOc2ccc(OBOc3ccc(OCCOc4c(Cl)cc(C)cc4Cl)cc3)cc2)c(Cl)c1. The number of halogens is 4. The van der Waals surface area contributed by atoms with Crippen LogP contribution in [0.3, 0.4) is 0 Å². The highest BCUT2D eigenvalue weighted by Gasteiger charge is 2.10. The Balaban J connectivity index is 1.12. The molecule has 6 nitrogen and oxygen atoms in total. The lowest BCUT2D eigenvalue weighted by Crippen LogP contribution is -2.11. The van der Waals surface area contributed by atoms with Crippen LogP contribution in [0.25, 0.3) is 0 Å². The van der Waals surface area contributed by atoms with Gasteiger partial charge >= 0.3 is 7.69 Å². The van der Waals surface area contributed by atoms with Crippen molar-refractivity contribution >= 4 is 54.1 Å². The second-order valence-electron chi connectivity index (χ2n) is 8.86. The molecule has 41 heavy (non-hydrogen) atoms. The van der Waals surface area contributed by atoms with Crippen LogP contribution in [0.4, 0.5) is 0 Å². The highest BCUT2D eigenvalue weighted by molar-refractivity contribution is 6.37. The van der Waals surface area contributed by atoms with Gasteiger partial charge in [-0.25, -0.2) is 0 Å². The Bertz CT molecular complexity index is 1280. The third-order valence-corrected chi connectivity index (χ3v) is 6.70. The van der Waals surface area contributed by atoms with Crippen molar-refractivity contribution < 1.29 is 28.3 Å². The van der Waals surface area contributed by atoms with Crippen molar-refractivity contribution in [2.75, 3.05) is 26.4 Å². The summed E-state index contributed by atoms with van der Waals surface area (Å²) >= 11 is 24.8. The maximum Gasteiger partial charge on any atom is 0.576 e. The fraction of sp³-hybridized carbons (Fsp3) is 0.200. The monoisotopic (exact) mass is 634 g/mol. The lowest BCUT2D eigenvalue weighted by atomic mass is 10.2. The molecule has 0 aliphatic heterocycles. The molecule has 0 aliphatic carbocycles. The molecule has 0 saturated heterocycles. The van der Waals surface area contributed by atoms with Crippen LogP contribution in [-0.2, 0) is 0 Å². The summed E-state index contributed by atoms with van der Waals surface area (Å²) in [4.78, 5) is 0. The van der Waals surface area contributed by atoms with Crippen molar-refractivity contribution in [1.29, 1.82) is 0 Å². The van der Waals surface area contributed by atoms with Crippen molar-refractivity contribution in [3.05, 3.63) is 104 Å². The van der Waals surface area contributed by atoms with Gasteiger partial charge in [0, 0.05) is 0 Å². The van der Waals surface area contributed by atoms with E-state index in [1.165, 1.54) is 0 Å². The van der Waals surface area contributed by atoms with E-state index in [9.17, 15) is 0 Å². The maximum absolute atomic E-state index is 6.20. The minimum atomic E-state index is 0.0399. The van der Waals surface area contributed by atoms with E-state index in [4.69, 9.17) is 74.7 Å². The van der Waals surface area contributed by atoms with E-state index in [0.29, 0.717) is 81.0 Å². The van der Waals surface area contributed by atoms with Crippen LogP contribution in [0.1, 0.15) is 11.1 Å². The molecule has 0 atom stereocenters. The van der Waals surface area contributed by atoms with E-state index in [1.807, 2.05) is 13.8 Å². The molecule has 4 aromatic rings. The Hall–Kier alpha value is -3.10. The van der Waals surface area contributed by atoms with Gasteiger partial charge in [0.05, 0.1) is 20.1 Å². The summed E-state index contributed by atoms with van der Waals surface area (Å²) in [5.41, 5.74) is 1.93. The minimum absolute atomic E-state index is 0.0399. The molecule has 0 saturated carbocycles. The molecular weight excluding hydrogens is 609 g/mol. The lowest BCUT2D eigenvalue weighted by Gasteiger charge is -2.12. The standard InChI is InChI=1S/C30H27BCl4O6/c1-19-15-25(32)29(26(33)16-19)38-13-11-36-21-3-7-23(8-4-21)40-31-41-24-9-5-22(6-10-24)37-12-14-39-30-27(34)17-20(2)18-28(30)35/h3-10,15-18,31H,11-14H2,1-2H3. The highest BCUT2D eigenvalue weighted by atomic mass is 35.5. The number of rotatable bonds is 14. The van der Waals surface area contributed by atoms with E-state index in [1.54, 1.807) is 72.8 Å². The molecular formula is C30H27BCl4O6. The Kier molecular flexibility index (Phi) is 11.5. The van der Waals surface area contributed by atoms with Crippen molar-refractivity contribution in [3.8, 4) is 34.5 Å². The van der Waals surface area contributed by atoms with E-state index >= 15 is 0 Å². The average Bonchev–Trinajstić information content (AvgIpc) is 2.93. The minimum Gasteiger partial charge on any atom is -0.529 e. The zero-order chi connectivity index (χ0) is 29.2. The van der Waals surface area contributed by atoms with Gasteiger partial charge in [-0.1, -0.05) is 46.4 Å². The van der Waals surface area contributed by atoms with Gasteiger partial charge in [-0.3, -0.25) is 0 Å². The van der Waals surface area contributed by atoms with E-state index in [-0.39, 0.29) is 7.69 Å². The van der Waals surface area contributed by atoms with Crippen LogP contribution < -0.4 is 28.3 Å². The zero-order valence-electron chi connectivity index (χ0n) is 22.4. The molecule has 0 heterocycles. The average molecular weight is 636 g/mol. The Morgan fingerprint density at radius 1 is 0.463 bits per heavy atom. The van der Waals surface area contributed by atoms with Gasteiger partial charge in [0.2, 0.25) is 0 Å². The summed E-state index contributed by atoms with van der Waals surface area (Å²) in [6.45, 7) is 5.07. The predicted octanol–water partition coefficient (Wildman–Crippen LogP) is 8.56. The number of ether oxygens (including phenoxy) is 4. The van der Waals surface area contributed by atoms with Crippen molar-refractivity contribution in [2.24, 2.45) is 0 Å². The molecule has 214 valence electrons. The summed E-state index contributed by atoms with van der Waals surface area (Å²) < 4.78 is 34.1. The largest absolute Gasteiger partial charge is 0.576 e.